The van der Waals surface area contributed by atoms with Crippen LogP contribution < -0.4 is 20.1 Å². The minimum absolute atomic E-state index is 0.0400. The molecule has 172 valence electrons. The Kier molecular flexibility index (Phi) is 7.81. The third kappa shape index (κ3) is 6.34. The number of nitrogens with one attached hydrogen (secondary N) is 2. The average Bonchev–Trinajstić information content (AvgIpc) is 2.84. The molecule has 34 heavy (non-hydrogen) atoms. The van der Waals surface area contributed by atoms with Crippen LogP contribution in [0.1, 0.15) is 5.56 Å². The van der Waals surface area contributed by atoms with E-state index in [0.29, 0.717) is 11.3 Å². The first kappa shape index (κ1) is 23.8. The van der Waals surface area contributed by atoms with Crippen LogP contribution in [-0.2, 0) is 9.59 Å². The summed E-state index contributed by atoms with van der Waals surface area (Å²) in [5, 5.41) is 23.7. The lowest BCUT2D eigenvalue weighted by molar-refractivity contribution is -0.118. The number of methoxy groups -OCH3 is 1. The van der Waals surface area contributed by atoms with Crippen molar-refractivity contribution in [2.24, 2.45) is 0 Å². The number of para-hydroxylation sites is 1. The smallest absolute Gasteiger partial charge is 0.266 e. The number of aromatic hydroxyl groups is 1. The van der Waals surface area contributed by atoms with Crippen LogP contribution in [-0.4, -0.2) is 30.6 Å². The van der Waals surface area contributed by atoms with E-state index in [0.717, 1.165) is 0 Å². The van der Waals surface area contributed by atoms with Gasteiger partial charge in [0.1, 0.15) is 23.2 Å². The Morgan fingerprint density at radius 2 is 1.79 bits per heavy atom. The first-order valence-electron chi connectivity index (χ1n) is 9.97. The number of benzene rings is 3. The second-order valence-corrected chi connectivity index (χ2v) is 6.90. The van der Waals surface area contributed by atoms with Crippen LogP contribution in [0, 0.1) is 17.1 Å². The van der Waals surface area contributed by atoms with E-state index < -0.39 is 24.2 Å². The van der Waals surface area contributed by atoms with E-state index in [1.165, 1.54) is 67.8 Å². The number of halogens is 1. The van der Waals surface area contributed by atoms with Crippen LogP contribution in [0.2, 0.25) is 0 Å². The molecule has 2 amide bonds. The zero-order valence-electron chi connectivity index (χ0n) is 18.0. The van der Waals surface area contributed by atoms with E-state index in [9.17, 15) is 24.3 Å². The molecule has 0 atom stereocenters. The topological polar surface area (TPSA) is 121 Å². The summed E-state index contributed by atoms with van der Waals surface area (Å²) < 4.78 is 24.4. The van der Waals surface area contributed by atoms with Gasteiger partial charge in [-0.25, -0.2) is 4.39 Å². The van der Waals surface area contributed by atoms with Crippen molar-refractivity contribution in [3.8, 4) is 23.3 Å². The van der Waals surface area contributed by atoms with Gasteiger partial charge in [-0.15, -0.1) is 0 Å². The second-order valence-electron chi connectivity index (χ2n) is 6.90. The normalized spacial score (nSPS) is 10.7. The molecule has 8 nitrogen and oxygen atoms in total. The van der Waals surface area contributed by atoms with Gasteiger partial charge in [-0.2, -0.15) is 5.26 Å². The van der Waals surface area contributed by atoms with Crippen molar-refractivity contribution in [2.45, 2.75) is 0 Å². The standard InChI is InChI=1S/C25H20FN3O5/c1-33-23-13-16(12-17(14-27)25(32)28-18-7-9-19(30)10-8-18)6-11-22(23)34-15-24(31)29-21-5-3-2-4-20(21)26/h2-13,30H,15H2,1H3,(H,28,32)(H,29,31). The number of phenolic OH excluding ortho intramolecular Hbond substituents is 1. The van der Waals surface area contributed by atoms with Crippen molar-refractivity contribution >= 4 is 29.3 Å². The molecule has 0 fully saturated rings. The average molecular weight is 461 g/mol. The first-order valence-corrected chi connectivity index (χ1v) is 9.97. The van der Waals surface area contributed by atoms with Crippen LogP contribution in [0.3, 0.4) is 0 Å². The summed E-state index contributed by atoms with van der Waals surface area (Å²) in [6.07, 6.45) is 1.37. The number of ether oxygens (including phenoxy) is 2. The summed E-state index contributed by atoms with van der Waals surface area (Å²) >= 11 is 0. The van der Waals surface area contributed by atoms with E-state index in [1.54, 1.807) is 12.1 Å². The van der Waals surface area contributed by atoms with Gasteiger partial charge in [-0.3, -0.25) is 9.59 Å². The molecule has 9 heteroatoms. The van der Waals surface area contributed by atoms with Gasteiger partial charge >= 0.3 is 0 Å². The van der Waals surface area contributed by atoms with Gasteiger partial charge in [-0.05, 0) is 60.2 Å². The Balaban J connectivity index is 1.68. The highest BCUT2D eigenvalue weighted by Gasteiger charge is 2.13. The van der Waals surface area contributed by atoms with Crippen molar-refractivity contribution in [2.75, 3.05) is 24.4 Å². The molecule has 0 unspecified atom stereocenters. The van der Waals surface area contributed by atoms with Crippen molar-refractivity contribution < 1.29 is 28.6 Å². The van der Waals surface area contributed by atoms with Crippen molar-refractivity contribution in [1.29, 1.82) is 5.26 Å². The van der Waals surface area contributed by atoms with E-state index in [4.69, 9.17) is 9.47 Å². The lowest BCUT2D eigenvalue weighted by Gasteiger charge is -2.12. The predicted molar refractivity (Wildman–Crippen MR) is 124 cm³/mol. The summed E-state index contributed by atoms with van der Waals surface area (Å²) in [6.45, 7) is -0.391. The van der Waals surface area contributed by atoms with Crippen molar-refractivity contribution in [1.82, 2.24) is 0 Å². The fourth-order valence-corrected chi connectivity index (χ4v) is 2.84. The molecule has 0 aromatic heterocycles. The van der Waals surface area contributed by atoms with Gasteiger partial charge in [0.25, 0.3) is 11.8 Å². The Morgan fingerprint density at radius 3 is 2.47 bits per heavy atom. The van der Waals surface area contributed by atoms with E-state index in [1.807, 2.05) is 6.07 Å². The summed E-state index contributed by atoms with van der Waals surface area (Å²) in [6, 6.07) is 18.1. The molecular weight excluding hydrogens is 441 g/mol. The van der Waals surface area contributed by atoms with E-state index in [-0.39, 0.29) is 28.5 Å². The number of rotatable bonds is 8. The summed E-state index contributed by atoms with van der Waals surface area (Å²) in [5.41, 5.74) is 0.780. The maximum atomic E-state index is 13.7. The molecule has 0 radical (unpaired) electrons. The monoisotopic (exact) mass is 461 g/mol. The van der Waals surface area contributed by atoms with Gasteiger partial charge < -0.3 is 25.2 Å². The van der Waals surface area contributed by atoms with E-state index >= 15 is 0 Å². The molecule has 3 aromatic rings. The number of phenols is 1. The Labute approximate surface area is 194 Å². The molecule has 0 aliphatic heterocycles. The number of carbonyl (C=O) groups is 2. The second kappa shape index (κ2) is 11.2. The quantitative estimate of drug-likeness (QED) is 0.264. The maximum absolute atomic E-state index is 13.7. The van der Waals surface area contributed by atoms with Gasteiger partial charge in [0.05, 0.1) is 12.8 Å². The number of hydrogen-bond donors (Lipinski definition) is 3. The third-order valence-corrected chi connectivity index (χ3v) is 4.50. The molecule has 3 aromatic carbocycles. The Morgan fingerprint density at radius 1 is 1.06 bits per heavy atom. The molecule has 0 aliphatic carbocycles. The Bertz CT molecular complexity index is 1270. The molecule has 3 N–H and O–H groups in total. The highest BCUT2D eigenvalue weighted by molar-refractivity contribution is 6.09. The number of anilines is 2. The number of carbonyl (C=O) groups excluding carboxylic acids is 2. The number of amides is 2. The molecule has 0 aliphatic rings. The van der Waals surface area contributed by atoms with Crippen LogP contribution in [0.5, 0.6) is 17.2 Å². The summed E-state index contributed by atoms with van der Waals surface area (Å²) in [7, 11) is 1.40. The van der Waals surface area contributed by atoms with Crippen LogP contribution in [0.15, 0.2) is 72.3 Å². The molecular formula is C25H20FN3O5. The number of nitriles is 1. The SMILES string of the molecule is COc1cc(C=C(C#N)C(=O)Nc2ccc(O)cc2)ccc1OCC(=O)Nc1ccccc1F. The zero-order valence-corrected chi connectivity index (χ0v) is 18.0. The van der Waals surface area contributed by atoms with Gasteiger partial charge in [0, 0.05) is 5.69 Å². The molecule has 0 spiro atoms. The lowest BCUT2D eigenvalue weighted by Crippen LogP contribution is -2.20. The van der Waals surface area contributed by atoms with Gasteiger partial charge in [0.15, 0.2) is 18.1 Å². The number of nitrogens with zero attached hydrogens (tertiary/aromatic N) is 1. The highest BCUT2D eigenvalue weighted by atomic mass is 19.1. The molecule has 0 bridgehead atoms. The summed E-state index contributed by atoms with van der Waals surface area (Å²) in [4.78, 5) is 24.5. The number of hydrogen-bond acceptors (Lipinski definition) is 6. The largest absolute Gasteiger partial charge is 0.508 e. The van der Waals surface area contributed by atoms with Crippen molar-refractivity contribution in [3.63, 3.8) is 0 Å². The van der Waals surface area contributed by atoms with Crippen molar-refractivity contribution in [3.05, 3.63) is 83.7 Å². The lowest BCUT2D eigenvalue weighted by atomic mass is 10.1. The van der Waals surface area contributed by atoms with E-state index in [2.05, 4.69) is 10.6 Å². The van der Waals surface area contributed by atoms with Crippen LogP contribution >= 0.6 is 0 Å². The minimum atomic E-state index is -0.628. The maximum Gasteiger partial charge on any atom is 0.266 e. The predicted octanol–water partition coefficient (Wildman–Crippen LogP) is 4.10. The zero-order chi connectivity index (χ0) is 24.5. The third-order valence-electron chi connectivity index (χ3n) is 4.50. The molecule has 0 saturated heterocycles. The molecule has 0 saturated carbocycles. The minimum Gasteiger partial charge on any atom is -0.508 e. The van der Waals surface area contributed by atoms with Crippen LogP contribution in [0.4, 0.5) is 15.8 Å². The van der Waals surface area contributed by atoms with Gasteiger partial charge in [0.2, 0.25) is 0 Å². The van der Waals surface area contributed by atoms with Gasteiger partial charge in [-0.1, -0.05) is 18.2 Å². The molecule has 0 heterocycles. The Hall–Kier alpha value is -4.84. The summed E-state index contributed by atoms with van der Waals surface area (Å²) in [5.74, 6) is -1.19. The molecule has 3 rings (SSSR count). The fraction of sp³-hybridized carbons (Fsp3) is 0.0800. The first-order chi connectivity index (χ1) is 16.4. The van der Waals surface area contributed by atoms with Crippen LogP contribution in [0.25, 0.3) is 6.08 Å². The highest BCUT2D eigenvalue weighted by Crippen LogP contribution is 2.29. The fourth-order valence-electron chi connectivity index (χ4n) is 2.84.